The van der Waals surface area contributed by atoms with Gasteiger partial charge in [0.1, 0.15) is 30.5 Å². The second-order valence-corrected chi connectivity index (χ2v) is 5.04. The van der Waals surface area contributed by atoms with Crippen LogP contribution in [0.3, 0.4) is 0 Å². The Morgan fingerprint density at radius 1 is 1.04 bits per heavy atom. The van der Waals surface area contributed by atoms with Crippen LogP contribution < -0.4 is 14.2 Å². The predicted molar refractivity (Wildman–Crippen MR) is 89.3 cm³/mol. The highest BCUT2D eigenvalue weighted by Crippen LogP contribution is 2.24. The first-order valence-corrected chi connectivity index (χ1v) is 7.33. The Morgan fingerprint density at radius 3 is 2.48 bits per heavy atom. The summed E-state index contributed by atoms with van der Waals surface area (Å²) < 4.78 is 16.6. The molecule has 0 aromatic heterocycles. The summed E-state index contributed by atoms with van der Waals surface area (Å²) in [6.45, 7) is 4.86. The average Bonchev–Trinajstić information content (AvgIpc) is 2.56. The zero-order valence-corrected chi connectivity index (χ0v) is 13.6. The molecule has 2 aromatic rings. The lowest BCUT2D eigenvalue weighted by Crippen LogP contribution is -2.10. The highest BCUT2D eigenvalue weighted by atomic mass is 16.5. The lowest BCUT2D eigenvalue weighted by Gasteiger charge is -2.13. The molecule has 0 unspecified atom stereocenters. The van der Waals surface area contributed by atoms with Crippen LogP contribution in [-0.2, 0) is 0 Å². The summed E-state index contributed by atoms with van der Waals surface area (Å²) >= 11 is 0. The van der Waals surface area contributed by atoms with Crippen molar-refractivity contribution < 1.29 is 19.4 Å². The van der Waals surface area contributed by atoms with Crippen molar-refractivity contribution in [1.82, 2.24) is 0 Å². The lowest BCUT2D eigenvalue weighted by atomic mass is 10.1. The zero-order valence-electron chi connectivity index (χ0n) is 13.6. The molecule has 0 spiro atoms. The number of hydrogen-bond donors (Lipinski definition) is 1. The van der Waals surface area contributed by atoms with Crippen LogP contribution in [0, 0.1) is 13.8 Å². The van der Waals surface area contributed by atoms with E-state index in [0.717, 1.165) is 11.3 Å². The number of nitrogens with zero attached hydrogens (tertiary/aromatic N) is 1. The molecule has 122 valence electrons. The quantitative estimate of drug-likeness (QED) is 0.367. The molecule has 5 heteroatoms. The molecule has 0 radical (unpaired) electrons. The summed E-state index contributed by atoms with van der Waals surface area (Å²) in [7, 11) is 1.59. The Kier molecular flexibility index (Phi) is 5.86. The maximum Gasteiger partial charge on any atom is 0.132 e. The molecule has 0 aliphatic carbocycles. The Bertz CT molecular complexity index is 683. The first kappa shape index (κ1) is 16.7. The fourth-order valence-corrected chi connectivity index (χ4v) is 2.12. The van der Waals surface area contributed by atoms with Gasteiger partial charge in [0.15, 0.2) is 0 Å². The number of oxime groups is 1. The smallest absolute Gasteiger partial charge is 0.132 e. The average molecular weight is 315 g/mol. The largest absolute Gasteiger partial charge is 0.497 e. The summed E-state index contributed by atoms with van der Waals surface area (Å²) in [4.78, 5) is 0. The summed E-state index contributed by atoms with van der Waals surface area (Å²) in [6.07, 6.45) is 1.32. The van der Waals surface area contributed by atoms with E-state index in [2.05, 4.69) is 18.1 Å². The molecule has 2 rings (SSSR count). The van der Waals surface area contributed by atoms with E-state index in [1.165, 1.54) is 11.8 Å². The van der Waals surface area contributed by atoms with E-state index in [1.807, 2.05) is 19.1 Å². The standard InChI is InChI=1S/C18H21NO4/c1-13-5-4-6-17(14(13)2)22-9-10-23-18-11-16(21-3)8-7-15(18)12-19-20/h4-8,11-12,20H,9-10H2,1-3H3. The van der Waals surface area contributed by atoms with Gasteiger partial charge in [-0.1, -0.05) is 17.3 Å². The van der Waals surface area contributed by atoms with Gasteiger partial charge in [-0.2, -0.15) is 0 Å². The van der Waals surface area contributed by atoms with Gasteiger partial charge >= 0.3 is 0 Å². The zero-order chi connectivity index (χ0) is 16.7. The molecule has 0 aliphatic rings. The van der Waals surface area contributed by atoms with E-state index >= 15 is 0 Å². The number of benzene rings is 2. The summed E-state index contributed by atoms with van der Waals surface area (Å²) in [6, 6.07) is 11.2. The number of ether oxygens (including phenoxy) is 3. The van der Waals surface area contributed by atoms with Crippen LogP contribution in [0.5, 0.6) is 17.2 Å². The monoisotopic (exact) mass is 315 g/mol. The molecule has 23 heavy (non-hydrogen) atoms. The number of aryl methyl sites for hydroxylation is 1. The van der Waals surface area contributed by atoms with Crippen LogP contribution in [0.15, 0.2) is 41.6 Å². The van der Waals surface area contributed by atoms with Crippen LogP contribution >= 0.6 is 0 Å². The topological polar surface area (TPSA) is 60.3 Å². The predicted octanol–water partition coefficient (Wildman–Crippen LogP) is 3.58. The van der Waals surface area contributed by atoms with E-state index in [0.29, 0.717) is 30.3 Å². The Balaban J connectivity index is 1.97. The van der Waals surface area contributed by atoms with Gasteiger partial charge in [-0.25, -0.2) is 0 Å². The first-order chi connectivity index (χ1) is 11.2. The van der Waals surface area contributed by atoms with Crippen molar-refractivity contribution >= 4 is 6.21 Å². The fraction of sp³-hybridized carbons (Fsp3) is 0.278. The van der Waals surface area contributed by atoms with Crippen molar-refractivity contribution in [1.29, 1.82) is 0 Å². The Hall–Kier alpha value is -2.69. The molecule has 0 amide bonds. The molecule has 0 aliphatic heterocycles. The third kappa shape index (κ3) is 4.39. The van der Waals surface area contributed by atoms with Crippen LogP contribution in [0.1, 0.15) is 16.7 Å². The molecule has 5 nitrogen and oxygen atoms in total. The SMILES string of the molecule is COc1ccc(C=NO)c(OCCOc2cccc(C)c2C)c1. The fourth-order valence-electron chi connectivity index (χ4n) is 2.12. The van der Waals surface area contributed by atoms with Crippen molar-refractivity contribution in [3.8, 4) is 17.2 Å². The van der Waals surface area contributed by atoms with E-state index < -0.39 is 0 Å². The number of rotatable bonds is 7. The number of hydrogen-bond acceptors (Lipinski definition) is 5. The van der Waals surface area contributed by atoms with Gasteiger partial charge < -0.3 is 19.4 Å². The van der Waals surface area contributed by atoms with E-state index in [4.69, 9.17) is 19.4 Å². The molecular formula is C18H21NO4. The van der Waals surface area contributed by atoms with Crippen LogP contribution in [0.2, 0.25) is 0 Å². The van der Waals surface area contributed by atoms with Crippen molar-refractivity contribution in [2.24, 2.45) is 5.16 Å². The minimum Gasteiger partial charge on any atom is -0.497 e. The van der Waals surface area contributed by atoms with Gasteiger partial charge in [0.05, 0.1) is 13.3 Å². The summed E-state index contributed by atoms with van der Waals surface area (Å²) in [5.74, 6) is 2.11. The van der Waals surface area contributed by atoms with Crippen LogP contribution in [0.4, 0.5) is 0 Å². The van der Waals surface area contributed by atoms with Gasteiger partial charge in [-0.05, 0) is 43.2 Å². The molecule has 0 fully saturated rings. The van der Waals surface area contributed by atoms with Crippen molar-refractivity contribution in [3.05, 3.63) is 53.1 Å². The highest BCUT2D eigenvalue weighted by Gasteiger charge is 2.06. The Labute approximate surface area is 136 Å². The van der Waals surface area contributed by atoms with Gasteiger partial charge in [-0.3, -0.25) is 0 Å². The second-order valence-electron chi connectivity index (χ2n) is 5.04. The molecule has 0 heterocycles. The van der Waals surface area contributed by atoms with E-state index in [9.17, 15) is 0 Å². The molecule has 0 saturated carbocycles. The van der Waals surface area contributed by atoms with E-state index in [1.54, 1.807) is 25.3 Å². The highest BCUT2D eigenvalue weighted by molar-refractivity contribution is 5.83. The van der Waals surface area contributed by atoms with Crippen molar-refractivity contribution in [3.63, 3.8) is 0 Å². The minimum atomic E-state index is 0.368. The van der Waals surface area contributed by atoms with Gasteiger partial charge in [0.25, 0.3) is 0 Å². The molecule has 0 atom stereocenters. The summed E-state index contributed by atoms with van der Waals surface area (Å²) in [5, 5.41) is 11.7. The van der Waals surface area contributed by atoms with Crippen LogP contribution in [-0.4, -0.2) is 31.7 Å². The first-order valence-electron chi connectivity index (χ1n) is 7.33. The Morgan fingerprint density at radius 2 is 1.78 bits per heavy atom. The third-order valence-corrected chi connectivity index (χ3v) is 3.57. The van der Waals surface area contributed by atoms with Crippen LogP contribution in [0.25, 0.3) is 0 Å². The molecular weight excluding hydrogens is 294 g/mol. The maximum absolute atomic E-state index is 8.71. The minimum absolute atomic E-state index is 0.368. The van der Waals surface area contributed by atoms with Gasteiger partial charge in [0.2, 0.25) is 0 Å². The lowest BCUT2D eigenvalue weighted by molar-refractivity contribution is 0.215. The molecule has 0 saturated heterocycles. The molecule has 0 bridgehead atoms. The van der Waals surface area contributed by atoms with Gasteiger partial charge in [-0.15, -0.1) is 0 Å². The normalized spacial score (nSPS) is 10.7. The summed E-state index contributed by atoms with van der Waals surface area (Å²) in [5.41, 5.74) is 2.99. The van der Waals surface area contributed by atoms with Crippen molar-refractivity contribution in [2.45, 2.75) is 13.8 Å². The number of methoxy groups -OCH3 is 1. The molecule has 1 N–H and O–H groups in total. The molecule has 2 aromatic carbocycles. The third-order valence-electron chi connectivity index (χ3n) is 3.57. The second kappa shape index (κ2) is 8.08. The van der Waals surface area contributed by atoms with Crippen molar-refractivity contribution in [2.75, 3.05) is 20.3 Å². The maximum atomic E-state index is 8.71. The van der Waals surface area contributed by atoms with Gasteiger partial charge in [0, 0.05) is 11.6 Å². The van der Waals surface area contributed by atoms with E-state index in [-0.39, 0.29) is 0 Å².